The van der Waals surface area contributed by atoms with Gasteiger partial charge in [-0.2, -0.15) is 5.10 Å². The molecular weight excluding hydrogens is 317 g/mol. The van der Waals surface area contributed by atoms with Crippen molar-refractivity contribution in [3.8, 4) is 5.75 Å². The average molecular weight is 337 g/mol. The fourth-order valence-electron chi connectivity index (χ4n) is 2.92. The van der Waals surface area contributed by atoms with Crippen LogP contribution < -0.4 is 15.5 Å². The van der Waals surface area contributed by atoms with Gasteiger partial charge in [-0.25, -0.2) is 4.39 Å². The van der Waals surface area contributed by atoms with Gasteiger partial charge < -0.3 is 15.0 Å². The lowest BCUT2D eigenvalue weighted by molar-refractivity contribution is 0.253. The Balaban J connectivity index is 1.71. The Morgan fingerprint density at radius 2 is 2.22 bits per heavy atom. The maximum absolute atomic E-state index is 13.7. The Morgan fingerprint density at radius 3 is 2.96 bits per heavy atom. The van der Waals surface area contributed by atoms with Gasteiger partial charge in [0.05, 0.1) is 12.3 Å². The monoisotopic (exact) mass is 337 g/mol. The Morgan fingerprint density at radius 1 is 1.48 bits per heavy atom. The number of aromatic nitrogens is 1. The summed E-state index contributed by atoms with van der Waals surface area (Å²) in [6, 6.07) is 2.01. The molecule has 2 N–H and O–H groups in total. The molecular formula is C15H20FN5OS. The molecule has 0 bridgehead atoms. The molecule has 0 aromatic carbocycles. The first kappa shape index (κ1) is 16.1. The first-order valence-corrected chi connectivity index (χ1v) is 8.10. The van der Waals surface area contributed by atoms with Crippen LogP contribution in [0.3, 0.4) is 0 Å². The number of hydrogen-bond acceptors (Lipinski definition) is 5. The van der Waals surface area contributed by atoms with E-state index in [9.17, 15) is 4.39 Å². The number of pyridine rings is 1. The Labute approximate surface area is 140 Å². The third-order valence-corrected chi connectivity index (χ3v) is 4.20. The van der Waals surface area contributed by atoms with Crippen molar-refractivity contribution >= 4 is 23.0 Å². The molecule has 0 aliphatic carbocycles. The molecule has 0 saturated carbocycles. The number of thiocarbonyl (C=S) groups is 1. The van der Waals surface area contributed by atoms with Gasteiger partial charge in [-0.1, -0.05) is 0 Å². The van der Waals surface area contributed by atoms with Crippen LogP contribution in [0.25, 0.3) is 0 Å². The summed E-state index contributed by atoms with van der Waals surface area (Å²) < 4.78 is 19.1. The lowest BCUT2D eigenvalue weighted by atomic mass is 10.1. The standard InChI is InChI=1S/C15H20FN5OS/c1-9-7-21(8-10(2)18-9)15(23)20-19-12-4-6-22-14-11(16)3-5-17-13(12)14/h3,5,9-10,18H,4,6-8H2,1-2H3,(H,20,23)/b19-12-/t9-,10+. The minimum Gasteiger partial charge on any atom is -0.488 e. The van der Waals surface area contributed by atoms with Crippen LogP contribution in [0.15, 0.2) is 17.4 Å². The Kier molecular flexibility index (Phi) is 4.72. The summed E-state index contributed by atoms with van der Waals surface area (Å²) in [6.07, 6.45) is 1.98. The topological polar surface area (TPSA) is 61.8 Å². The maximum Gasteiger partial charge on any atom is 0.189 e. The highest BCUT2D eigenvalue weighted by Gasteiger charge is 2.24. The van der Waals surface area contributed by atoms with E-state index in [0.29, 0.717) is 41.6 Å². The molecule has 0 radical (unpaired) electrons. The van der Waals surface area contributed by atoms with Crippen LogP contribution in [-0.2, 0) is 0 Å². The first-order chi connectivity index (χ1) is 11.0. The van der Waals surface area contributed by atoms with Gasteiger partial charge in [-0.05, 0) is 32.1 Å². The zero-order valence-corrected chi connectivity index (χ0v) is 14.0. The lowest BCUT2D eigenvalue weighted by Gasteiger charge is -2.37. The molecule has 2 aliphatic heterocycles. The van der Waals surface area contributed by atoms with Crippen LogP contribution in [0.1, 0.15) is 26.0 Å². The number of hydrogen-bond donors (Lipinski definition) is 2. The number of fused-ring (bicyclic) bond motifs is 1. The summed E-state index contributed by atoms with van der Waals surface area (Å²) in [4.78, 5) is 6.26. The van der Waals surface area contributed by atoms with Crippen molar-refractivity contribution in [3.63, 3.8) is 0 Å². The van der Waals surface area contributed by atoms with E-state index in [1.54, 1.807) is 0 Å². The molecule has 6 nitrogen and oxygen atoms in total. The quantitative estimate of drug-likeness (QED) is 0.594. The van der Waals surface area contributed by atoms with Gasteiger partial charge in [0.15, 0.2) is 16.7 Å². The van der Waals surface area contributed by atoms with E-state index >= 15 is 0 Å². The van der Waals surface area contributed by atoms with E-state index < -0.39 is 5.82 Å². The molecule has 0 spiro atoms. The lowest BCUT2D eigenvalue weighted by Crippen LogP contribution is -2.57. The molecule has 1 fully saturated rings. The normalized spacial score (nSPS) is 25.7. The molecule has 0 amide bonds. The van der Waals surface area contributed by atoms with Crippen molar-refractivity contribution in [1.82, 2.24) is 20.6 Å². The molecule has 8 heteroatoms. The van der Waals surface area contributed by atoms with E-state index in [1.165, 1.54) is 12.3 Å². The maximum atomic E-state index is 13.7. The van der Waals surface area contributed by atoms with Crippen molar-refractivity contribution in [3.05, 3.63) is 23.8 Å². The van der Waals surface area contributed by atoms with Crippen LogP contribution >= 0.6 is 12.2 Å². The summed E-state index contributed by atoms with van der Waals surface area (Å²) in [5.74, 6) is -0.260. The SMILES string of the molecule is C[C@@H]1CN(C(=S)N/N=C2/CCOc3c(F)ccnc32)C[C@H](C)N1. The van der Waals surface area contributed by atoms with Crippen LogP contribution in [-0.4, -0.2) is 52.5 Å². The van der Waals surface area contributed by atoms with Crippen LogP contribution in [0.4, 0.5) is 4.39 Å². The highest BCUT2D eigenvalue weighted by Crippen LogP contribution is 2.25. The molecule has 0 unspecified atom stereocenters. The third-order valence-electron chi connectivity index (χ3n) is 3.85. The fraction of sp³-hybridized carbons (Fsp3) is 0.533. The second kappa shape index (κ2) is 6.76. The minimum atomic E-state index is -0.422. The summed E-state index contributed by atoms with van der Waals surface area (Å²) in [7, 11) is 0. The van der Waals surface area contributed by atoms with Crippen molar-refractivity contribution in [2.45, 2.75) is 32.4 Å². The second-order valence-corrected chi connectivity index (χ2v) is 6.30. The van der Waals surface area contributed by atoms with E-state index in [2.05, 4.69) is 39.6 Å². The number of nitrogens with one attached hydrogen (secondary N) is 2. The highest BCUT2D eigenvalue weighted by molar-refractivity contribution is 7.80. The summed E-state index contributed by atoms with van der Waals surface area (Å²) in [6.45, 7) is 6.28. The zero-order chi connectivity index (χ0) is 16.4. The van der Waals surface area contributed by atoms with Crippen molar-refractivity contribution in [2.24, 2.45) is 5.10 Å². The first-order valence-electron chi connectivity index (χ1n) is 7.70. The Bertz CT molecular complexity index is 628. The molecule has 23 heavy (non-hydrogen) atoms. The second-order valence-electron chi connectivity index (χ2n) is 5.92. The summed E-state index contributed by atoms with van der Waals surface area (Å²) in [5, 5.41) is 8.37. The minimum absolute atomic E-state index is 0.162. The van der Waals surface area contributed by atoms with E-state index in [-0.39, 0.29) is 5.75 Å². The van der Waals surface area contributed by atoms with Gasteiger partial charge in [0.2, 0.25) is 0 Å². The summed E-state index contributed by atoms with van der Waals surface area (Å²) >= 11 is 5.43. The van der Waals surface area contributed by atoms with Gasteiger partial charge in [0.25, 0.3) is 0 Å². The van der Waals surface area contributed by atoms with Gasteiger partial charge in [0, 0.05) is 37.8 Å². The molecule has 1 aromatic rings. The third kappa shape index (κ3) is 3.59. The van der Waals surface area contributed by atoms with Gasteiger partial charge in [-0.3, -0.25) is 10.4 Å². The average Bonchev–Trinajstić information content (AvgIpc) is 2.52. The number of ether oxygens (including phenoxy) is 1. The van der Waals surface area contributed by atoms with Crippen molar-refractivity contribution in [2.75, 3.05) is 19.7 Å². The zero-order valence-electron chi connectivity index (χ0n) is 13.2. The number of nitrogens with zero attached hydrogens (tertiary/aromatic N) is 3. The van der Waals surface area contributed by atoms with Crippen molar-refractivity contribution < 1.29 is 9.13 Å². The van der Waals surface area contributed by atoms with Gasteiger partial charge in [0.1, 0.15) is 5.69 Å². The predicted molar refractivity (Wildman–Crippen MR) is 90.2 cm³/mol. The van der Waals surface area contributed by atoms with Crippen LogP contribution in [0.2, 0.25) is 0 Å². The molecule has 3 rings (SSSR count). The predicted octanol–water partition coefficient (Wildman–Crippen LogP) is 1.26. The molecule has 2 atom stereocenters. The van der Waals surface area contributed by atoms with Crippen molar-refractivity contribution in [1.29, 1.82) is 0 Å². The van der Waals surface area contributed by atoms with E-state index in [0.717, 1.165) is 13.1 Å². The van der Waals surface area contributed by atoms with E-state index in [1.807, 2.05) is 0 Å². The molecule has 1 saturated heterocycles. The molecule has 3 heterocycles. The van der Waals surface area contributed by atoms with Crippen LogP contribution in [0.5, 0.6) is 5.75 Å². The number of halogens is 1. The smallest absolute Gasteiger partial charge is 0.189 e. The molecule has 1 aromatic heterocycles. The number of hydrazone groups is 1. The van der Waals surface area contributed by atoms with Crippen LogP contribution in [0, 0.1) is 5.82 Å². The number of piperazine rings is 1. The van der Waals surface area contributed by atoms with Gasteiger partial charge in [-0.15, -0.1) is 0 Å². The molecule has 2 aliphatic rings. The highest BCUT2D eigenvalue weighted by atomic mass is 32.1. The largest absolute Gasteiger partial charge is 0.488 e. The number of rotatable bonds is 1. The van der Waals surface area contributed by atoms with Gasteiger partial charge >= 0.3 is 0 Å². The Hall–Kier alpha value is -1.80. The fourth-order valence-corrected chi connectivity index (χ4v) is 3.12. The summed E-state index contributed by atoms with van der Waals surface area (Å²) in [5.41, 5.74) is 4.02. The van der Waals surface area contributed by atoms with E-state index in [4.69, 9.17) is 17.0 Å². The molecule has 124 valence electrons.